The van der Waals surface area contributed by atoms with Crippen molar-refractivity contribution in [2.45, 2.75) is 9.79 Å². The van der Waals surface area contributed by atoms with E-state index in [1.165, 1.54) is 47.2 Å². The molecule has 2 amide bonds. The van der Waals surface area contributed by atoms with Crippen molar-refractivity contribution in [3.63, 3.8) is 0 Å². The van der Waals surface area contributed by atoms with Crippen molar-refractivity contribution in [3.05, 3.63) is 95.3 Å². The second-order valence-corrected chi connectivity index (χ2v) is 12.9. The van der Waals surface area contributed by atoms with Crippen LogP contribution in [-0.2, 0) is 9.84 Å². The Morgan fingerprint density at radius 1 is 0.915 bits per heavy atom. The predicted molar refractivity (Wildman–Crippen MR) is 167 cm³/mol. The number of hydrogen-bond donors (Lipinski definition) is 4. The van der Waals surface area contributed by atoms with Gasteiger partial charge in [-0.25, -0.2) is 22.0 Å². The summed E-state index contributed by atoms with van der Waals surface area (Å²) >= 11 is 0. The number of piperazine rings is 1. The van der Waals surface area contributed by atoms with E-state index in [-0.39, 0.29) is 32.9 Å². The number of benzene rings is 3. The summed E-state index contributed by atoms with van der Waals surface area (Å²) in [4.78, 5) is 41.7. The number of nitrogens with one attached hydrogen (secondary N) is 2. The first-order valence-corrected chi connectivity index (χ1v) is 15.6. The lowest BCUT2D eigenvalue weighted by atomic mass is 10.0. The van der Waals surface area contributed by atoms with Crippen LogP contribution in [0.4, 0.5) is 20.3 Å². The molecule has 3 heterocycles. The average Bonchev–Trinajstić information content (AvgIpc) is 3.68. The molecule has 3 aromatic carbocycles. The van der Waals surface area contributed by atoms with E-state index in [0.717, 1.165) is 0 Å². The third-order valence-electron chi connectivity index (χ3n) is 7.92. The second kappa shape index (κ2) is 12.0. The molecule has 242 valence electrons. The van der Waals surface area contributed by atoms with Crippen molar-refractivity contribution in [1.29, 1.82) is 0 Å². The second-order valence-electron chi connectivity index (χ2n) is 11.0. The van der Waals surface area contributed by atoms with Crippen molar-refractivity contribution < 1.29 is 36.7 Å². The first-order valence-electron chi connectivity index (χ1n) is 14.2. The number of rotatable bonds is 8. The van der Waals surface area contributed by atoms with Gasteiger partial charge in [0.2, 0.25) is 15.7 Å². The van der Waals surface area contributed by atoms with Crippen LogP contribution >= 0.6 is 0 Å². The third-order valence-corrected chi connectivity index (χ3v) is 9.65. The number of primary amides is 1. The van der Waals surface area contributed by atoms with Crippen molar-refractivity contribution in [1.82, 2.24) is 19.7 Å². The average molecular weight is 664 g/mol. The highest BCUT2D eigenvalue weighted by Crippen LogP contribution is 2.33. The molecule has 13 nitrogen and oxygen atoms in total. The minimum absolute atomic E-state index is 0.0798. The van der Waals surface area contributed by atoms with Crippen LogP contribution in [0.5, 0.6) is 0 Å². The smallest absolute Gasteiger partial charge is 0.352 e. The molecule has 0 radical (unpaired) electrons. The summed E-state index contributed by atoms with van der Waals surface area (Å²) in [7, 11) is -2.42. The summed E-state index contributed by atoms with van der Waals surface area (Å²) in [6.07, 6.45) is 1.53. The largest absolute Gasteiger partial charge is 0.477 e. The minimum Gasteiger partial charge on any atom is -0.477 e. The molecule has 47 heavy (non-hydrogen) atoms. The number of hydrogen-bond acceptors (Lipinski definition) is 8. The van der Waals surface area contributed by atoms with Crippen LogP contribution in [0.3, 0.4) is 0 Å². The molecular formula is C31H27F2N7O6S. The van der Waals surface area contributed by atoms with E-state index in [0.29, 0.717) is 61.3 Å². The molecule has 1 saturated heterocycles. The van der Waals surface area contributed by atoms with Gasteiger partial charge in [-0.05, 0) is 61.6 Å². The normalized spacial score (nSPS) is 14.0. The number of aromatic amines is 1. The van der Waals surface area contributed by atoms with Gasteiger partial charge >= 0.3 is 5.97 Å². The van der Waals surface area contributed by atoms with E-state index >= 15 is 0 Å². The highest BCUT2D eigenvalue weighted by Gasteiger charge is 2.27. The number of aromatic nitrogens is 3. The van der Waals surface area contributed by atoms with Gasteiger partial charge in [0, 0.05) is 43.8 Å². The van der Waals surface area contributed by atoms with Crippen LogP contribution in [0, 0.1) is 11.6 Å². The Hall–Kier alpha value is -5.61. The lowest BCUT2D eigenvalue weighted by Crippen LogP contribution is -2.45. The zero-order chi connectivity index (χ0) is 33.6. The fourth-order valence-electron chi connectivity index (χ4n) is 5.48. The number of anilines is 2. The highest BCUT2D eigenvalue weighted by atomic mass is 32.2. The van der Waals surface area contributed by atoms with Crippen molar-refractivity contribution in [2.24, 2.45) is 5.73 Å². The molecule has 0 bridgehead atoms. The lowest BCUT2D eigenvalue weighted by molar-refractivity contribution is 0.0687. The molecule has 1 aliphatic heterocycles. The molecule has 5 N–H and O–H groups in total. The summed E-state index contributed by atoms with van der Waals surface area (Å²) < 4.78 is 55.5. The number of fused-ring (bicyclic) bond motifs is 1. The number of carbonyl (C=O) groups is 3. The number of carboxylic acid groups (broad SMARTS) is 1. The Balaban J connectivity index is 1.43. The zero-order valence-electron chi connectivity index (χ0n) is 24.7. The number of H-pyrrole nitrogens is 1. The van der Waals surface area contributed by atoms with Crippen LogP contribution in [0.25, 0.3) is 16.6 Å². The first-order chi connectivity index (χ1) is 22.3. The molecule has 5 aromatic rings. The molecule has 2 aromatic heterocycles. The van der Waals surface area contributed by atoms with E-state index in [1.807, 2.05) is 11.9 Å². The Morgan fingerprint density at radius 2 is 1.60 bits per heavy atom. The third kappa shape index (κ3) is 5.91. The molecule has 0 atom stereocenters. The Labute approximate surface area is 266 Å². The topological polar surface area (TPSA) is 184 Å². The van der Waals surface area contributed by atoms with Gasteiger partial charge in [0.25, 0.3) is 5.91 Å². The SMILES string of the molecule is CN1CCN(c2cc(C(N)=O)c(C(=O)Nc3n[nH]c4ccc(S(=O)(=O)c5cc(F)cc(F)c5)cc34)cc2-n2cccc2C(=O)O)CC1. The maximum atomic E-state index is 13.8. The number of carboxylic acids is 1. The standard InChI is InChI=1S/C31H27F2N7O6S/c1-38-7-9-39(10-8-38)26-15-21(28(34)41)22(16-27(26)40-6-2-3-25(40)31(43)44)30(42)35-29-23-14-19(4-5-24(23)36-37-29)47(45,46)20-12-17(32)11-18(33)13-20/h2-6,11-16H,7-10H2,1H3,(H2,34,41)(H,43,44)(H2,35,36,37,42). The van der Waals surface area contributed by atoms with Crippen LogP contribution < -0.4 is 16.0 Å². The predicted octanol–water partition coefficient (Wildman–Crippen LogP) is 3.27. The van der Waals surface area contributed by atoms with E-state index in [1.54, 1.807) is 6.07 Å². The summed E-state index contributed by atoms with van der Waals surface area (Å²) in [6.45, 7) is 2.51. The van der Waals surface area contributed by atoms with Crippen molar-refractivity contribution in [3.8, 4) is 5.69 Å². The monoisotopic (exact) mass is 663 g/mol. The Bertz CT molecular complexity index is 2170. The molecule has 6 rings (SSSR count). The maximum Gasteiger partial charge on any atom is 0.352 e. The molecular weight excluding hydrogens is 636 g/mol. The summed E-state index contributed by atoms with van der Waals surface area (Å²) in [5, 5.41) is 19.3. The fraction of sp³-hybridized carbons (Fsp3) is 0.161. The number of amides is 2. The first kappa shape index (κ1) is 31.4. The number of nitrogens with zero attached hydrogens (tertiary/aromatic N) is 4. The van der Waals surface area contributed by atoms with Gasteiger partial charge in [-0.15, -0.1) is 0 Å². The zero-order valence-corrected chi connectivity index (χ0v) is 25.5. The molecule has 0 aliphatic carbocycles. The number of sulfone groups is 1. The van der Waals surface area contributed by atoms with Gasteiger partial charge < -0.3 is 30.5 Å². The van der Waals surface area contributed by atoms with Gasteiger partial charge in [0.1, 0.15) is 17.3 Å². The van der Waals surface area contributed by atoms with Crippen LogP contribution in [-0.4, -0.2) is 84.2 Å². The van der Waals surface area contributed by atoms with E-state index in [2.05, 4.69) is 20.4 Å². The van der Waals surface area contributed by atoms with Crippen LogP contribution in [0.1, 0.15) is 31.2 Å². The van der Waals surface area contributed by atoms with Crippen molar-refractivity contribution in [2.75, 3.05) is 43.4 Å². The molecule has 1 aliphatic rings. The Kier molecular flexibility index (Phi) is 7.98. The van der Waals surface area contributed by atoms with Gasteiger partial charge in [-0.1, -0.05) is 0 Å². The number of carbonyl (C=O) groups excluding carboxylic acids is 2. The maximum absolute atomic E-state index is 13.8. The molecule has 0 unspecified atom stereocenters. The molecule has 0 saturated carbocycles. The summed E-state index contributed by atoms with van der Waals surface area (Å²) in [5.74, 6) is -5.22. The minimum atomic E-state index is -4.38. The van der Waals surface area contributed by atoms with Crippen LogP contribution in [0.15, 0.2) is 76.7 Å². The number of halogens is 2. The summed E-state index contributed by atoms with van der Waals surface area (Å²) in [6, 6.07) is 11.5. The van der Waals surface area contributed by atoms with Crippen LogP contribution in [0.2, 0.25) is 0 Å². The quantitative estimate of drug-likeness (QED) is 0.194. The lowest BCUT2D eigenvalue weighted by Gasteiger charge is -2.35. The van der Waals surface area contributed by atoms with Gasteiger partial charge in [-0.3, -0.25) is 14.7 Å². The van der Waals surface area contributed by atoms with Gasteiger partial charge in [-0.2, -0.15) is 5.10 Å². The van der Waals surface area contributed by atoms with E-state index < -0.39 is 44.2 Å². The number of nitrogens with two attached hydrogens (primary N) is 1. The summed E-state index contributed by atoms with van der Waals surface area (Å²) in [5.41, 5.74) is 6.47. The van der Waals surface area contributed by atoms with Crippen molar-refractivity contribution >= 4 is 50.0 Å². The number of aromatic carboxylic acids is 1. The fourth-order valence-corrected chi connectivity index (χ4v) is 6.81. The van der Waals surface area contributed by atoms with Gasteiger partial charge in [0.05, 0.1) is 37.8 Å². The number of likely N-dealkylation sites (N-methyl/N-ethyl adjacent to an activating group) is 1. The van der Waals surface area contributed by atoms with Gasteiger partial charge in [0.15, 0.2) is 5.82 Å². The molecule has 16 heteroatoms. The van der Waals surface area contributed by atoms with E-state index in [9.17, 15) is 36.7 Å². The molecule has 1 fully saturated rings. The highest BCUT2D eigenvalue weighted by molar-refractivity contribution is 7.91. The van der Waals surface area contributed by atoms with E-state index in [4.69, 9.17) is 5.73 Å². The molecule has 0 spiro atoms. The Morgan fingerprint density at radius 3 is 2.26 bits per heavy atom.